The van der Waals surface area contributed by atoms with Crippen molar-refractivity contribution in [1.82, 2.24) is 4.72 Å². The average Bonchev–Trinajstić information content (AvgIpc) is 2.93. The molecule has 2 rings (SSSR count). The molecule has 0 spiro atoms. The number of sulfonamides is 1. The topological polar surface area (TPSA) is 127 Å². The minimum Gasteiger partial charge on any atom is -0.310 e. The third-order valence-corrected chi connectivity index (χ3v) is 5.23. The van der Waals surface area contributed by atoms with E-state index < -0.39 is 14.9 Å². The summed E-state index contributed by atoms with van der Waals surface area (Å²) in [5.74, 6) is 5.10. The van der Waals surface area contributed by atoms with Crippen LogP contribution in [0.15, 0.2) is 10.3 Å². The van der Waals surface area contributed by atoms with E-state index >= 15 is 0 Å². The molecule has 1 aliphatic rings. The molecule has 0 amide bonds. The van der Waals surface area contributed by atoms with Gasteiger partial charge in [0.2, 0.25) is 0 Å². The third kappa shape index (κ3) is 2.54. The highest BCUT2D eigenvalue weighted by Crippen LogP contribution is 2.36. The second-order valence-electron chi connectivity index (χ2n) is 3.58. The molecular weight excluding hydrogens is 268 g/mol. The van der Waals surface area contributed by atoms with Crippen LogP contribution in [0.2, 0.25) is 0 Å². The second kappa shape index (κ2) is 4.22. The largest absolute Gasteiger partial charge is 0.310 e. The zero-order valence-electron chi connectivity index (χ0n) is 8.54. The highest BCUT2D eigenvalue weighted by atomic mass is 32.2. The number of nitro groups is 1. The molecule has 1 fully saturated rings. The summed E-state index contributed by atoms with van der Waals surface area (Å²) in [5.41, 5.74) is 1.78. The molecule has 0 unspecified atom stereocenters. The molecule has 17 heavy (non-hydrogen) atoms. The Morgan fingerprint density at radius 1 is 1.53 bits per heavy atom. The van der Waals surface area contributed by atoms with Crippen molar-refractivity contribution in [1.29, 1.82) is 0 Å². The van der Waals surface area contributed by atoms with E-state index in [1.807, 2.05) is 0 Å². The molecule has 1 aliphatic carbocycles. The molecule has 0 atom stereocenters. The average molecular weight is 278 g/mol. The maximum absolute atomic E-state index is 11.8. The second-order valence-corrected chi connectivity index (χ2v) is 6.57. The van der Waals surface area contributed by atoms with Gasteiger partial charge in [-0.25, -0.2) is 19.0 Å². The number of nitrogen functional groups attached to an aromatic ring is 1. The zero-order chi connectivity index (χ0) is 12.6. The Balaban J connectivity index is 2.35. The number of nitrogens with one attached hydrogen (secondary N) is 2. The van der Waals surface area contributed by atoms with Crippen LogP contribution in [0.25, 0.3) is 0 Å². The van der Waals surface area contributed by atoms with Crippen LogP contribution in [0.5, 0.6) is 0 Å². The van der Waals surface area contributed by atoms with E-state index in [9.17, 15) is 18.5 Å². The standard InChI is InChI=1S/C7H10N4O4S2/c8-9-7-5(11(12)13)3-6(16-7)17(14,15)10-4-1-2-4/h3-4,9-10H,1-2,8H2. The first-order valence-corrected chi connectivity index (χ1v) is 7.01. The van der Waals surface area contributed by atoms with Gasteiger partial charge in [-0.05, 0) is 12.8 Å². The Kier molecular flexibility index (Phi) is 3.03. The van der Waals surface area contributed by atoms with Crippen molar-refractivity contribution in [2.45, 2.75) is 23.1 Å². The number of nitrogens with zero attached hydrogens (tertiary/aromatic N) is 1. The Hall–Kier alpha value is -1.23. The van der Waals surface area contributed by atoms with Crippen molar-refractivity contribution in [3.05, 3.63) is 16.2 Å². The van der Waals surface area contributed by atoms with Crippen LogP contribution in [0, 0.1) is 10.1 Å². The molecule has 0 aromatic carbocycles. The lowest BCUT2D eigenvalue weighted by atomic mass is 10.5. The fourth-order valence-electron chi connectivity index (χ4n) is 1.21. The van der Waals surface area contributed by atoms with Gasteiger partial charge in [0.25, 0.3) is 10.0 Å². The van der Waals surface area contributed by atoms with Crippen LogP contribution < -0.4 is 16.0 Å². The van der Waals surface area contributed by atoms with Crippen molar-refractivity contribution in [2.75, 3.05) is 5.43 Å². The van der Waals surface area contributed by atoms with Crippen molar-refractivity contribution < 1.29 is 13.3 Å². The van der Waals surface area contributed by atoms with Crippen LogP contribution in [0.1, 0.15) is 12.8 Å². The zero-order valence-corrected chi connectivity index (χ0v) is 10.2. The number of anilines is 1. The van der Waals surface area contributed by atoms with Gasteiger partial charge in [-0.15, -0.1) is 0 Å². The van der Waals surface area contributed by atoms with Crippen LogP contribution in [0.3, 0.4) is 0 Å². The van der Waals surface area contributed by atoms with Gasteiger partial charge in [0, 0.05) is 12.1 Å². The van der Waals surface area contributed by atoms with Gasteiger partial charge in [0.05, 0.1) is 4.92 Å². The lowest BCUT2D eigenvalue weighted by Crippen LogP contribution is -2.24. The summed E-state index contributed by atoms with van der Waals surface area (Å²) >= 11 is 0.736. The lowest BCUT2D eigenvalue weighted by Gasteiger charge is -2.00. The Labute approximate surface area is 101 Å². The predicted octanol–water partition coefficient (Wildman–Crippen LogP) is 0.383. The molecule has 1 aromatic rings. The predicted molar refractivity (Wildman–Crippen MR) is 62.1 cm³/mol. The van der Waals surface area contributed by atoms with Crippen LogP contribution >= 0.6 is 11.3 Å². The van der Waals surface area contributed by atoms with Gasteiger partial charge in [-0.2, -0.15) is 0 Å². The monoisotopic (exact) mass is 278 g/mol. The summed E-state index contributed by atoms with van der Waals surface area (Å²) in [5, 5.41) is 10.7. The van der Waals surface area contributed by atoms with E-state index in [1.54, 1.807) is 0 Å². The first kappa shape index (κ1) is 12.2. The molecule has 4 N–H and O–H groups in total. The smallest absolute Gasteiger partial charge is 0.306 e. The Morgan fingerprint density at radius 2 is 2.18 bits per heavy atom. The Morgan fingerprint density at radius 3 is 2.59 bits per heavy atom. The van der Waals surface area contributed by atoms with E-state index in [0.717, 1.165) is 30.2 Å². The molecular formula is C7H10N4O4S2. The van der Waals surface area contributed by atoms with Gasteiger partial charge < -0.3 is 5.43 Å². The minimum absolute atomic E-state index is 0.0196. The van der Waals surface area contributed by atoms with Crippen molar-refractivity contribution in [2.24, 2.45) is 5.84 Å². The van der Waals surface area contributed by atoms with Gasteiger partial charge in [0.1, 0.15) is 4.21 Å². The lowest BCUT2D eigenvalue weighted by molar-refractivity contribution is -0.383. The number of hydrazine groups is 1. The SMILES string of the molecule is NNc1sc(S(=O)(=O)NC2CC2)cc1[N+](=O)[O-]. The molecule has 8 nitrogen and oxygen atoms in total. The molecule has 1 heterocycles. The number of nitrogens with two attached hydrogens (primary N) is 1. The number of hydrogen-bond acceptors (Lipinski definition) is 7. The fourth-order valence-corrected chi connectivity index (χ4v) is 3.77. The van der Waals surface area contributed by atoms with Crippen molar-refractivity contribution in [3.8, 4) is 0 Å². The van der Waals surface area contributed by atoms with E-state index in [4.69, 9.17) is 5.84 Å². The summed E-state index contributed by atoms with van der Waals surface area (Å²) in [4.78, 5) is 9.98. The number of thiophene rings is 1. The summed E-state index contributed by atoms with van der Waals surface area (Å²) in [6.07, 6.45) is 1.60. The van der Waals surface area contributed by atoms with Crippen LogP contribution in [-0.4, -0.2) is 19.4 Å². The third-order valence-electron chi connectivity index (χ3n) is 2.18. The van der Waals surface area contributed by atoms with Crippen LogP contribution in [0.4, 0.5) is 10.7 Å². The van der Waals surface area contributed by atoms with E-state index in [0.29, 0.717) is 0 Å². The molecule has 0 aliphatic heterocycles. The molecule has 10 heteroatoms. The molecule has 0 bridgehead atoms. The molecule has 1 aromatic heterocycles. The maximum atomic E-state index is 11.8. The first-order valence-electron chi connectivity index (χ1n) is 4.71. The van der Waals surface area contributed by atoms with E-state index in [1.165, 1.54) is 0 Å². The van der Waals surface area contributed by atoms with E-state index in [2.05, 4.69) is 10.1 Å². The van der Waals surface area contributed by atoms with E-state index in [-0.39, 0.29) is 20.9 Å². The highest BCUT2D eigenvalue weighted by Gasteiger charge is 2.31. The minimum atomic E-state index is -3.67. The normalized spacial score (nSPS) is 15.8. The van der Waals surface area contributed by atoms with Crippen molar-refractivity contribution >= 4 is 32.0 Å². The first-order chi connectivity index (χ1) is 7.94. The fraction of sp³-hybridized carbons (Fsp3) is 0.429. The van der Waals surface area contributed by atoms with Gasteiger partial charge in [-0.1, -0.05) is 11.3 Å². The summed E-state index contributed by atoms with van der Waals surface area (Å²) < 4.78 is 25.9. The molecule has 94 valence electrons. The van der Waals surface area contributed by atoms with Gasteiger partial charge in [-0.3, -0.25) is 10.1 Å². The molecule has 1 saturated carbocycles. The summed E-state index contributed by atoms with van der Waals surface area (Å²) in [6, 6.07) is 0.959. The molecule has 0 saturated heterocycles. The quantitative estimate of drug-likeness (QED) is 0.406. The number of hydrogen-bond donors (Lipinski definition) is 3. The van der Waals surface area contributed by atoms with Gasteiger partial charge >= 0.3 is 5.69 Å². The number of rotatable bonds is 5. The summed E-state index contributed by atoms with van der Waals surface area (Å²) in [6.45, 7) is 0. The highest BCUT2D eigenvalue weighted by molar-refractivity contribution is 7.91. The molecule has 0 radical (unpaired) electrons. The van der Waals surface area contributed by atoms with Crippen LogP contribution in [-0.2, 0) is 10.0 Å². The Bertz CT molecular complexity index is 548. The van der Waals surface area contributed by atoms with Gasteiger partial charge in [0.15, 0.2) is 5.00 Å². The summed E-state index contributed by atoms with van der Waals surface area (Å²) in [7, 11) is -3.67. The maximum Gasteiger partial charge on any atom is 0.306 e. The van der Waals surface area contributed by atoms with Crippen molar-refractivity contribution in [3.63, 3.8) is 0 Å².